The number of aliphatic hydroxyl groups is 1. The highest BCUT2D eigenvalue weighted by Gasteiger charge is 2.23. The summed E-state index contributed by atoms with van der Waals surface area (Å²) in [6.07, 6.45) is 3.73. The van der Waals surface area contributed by atoms with Crippen LogP contribution in [-0.2, 0) is 6.42 Å². The molecular formula is C18H28O3. The van der Waals surface area contributed by atoms with E-state index in [0.717, 1.165) is 40.2 Å². The number of ether oxygens (including phenoxy) is 2. The molecule has 0 aliphatic heterocycles. The van der Waals surface area contributed by atoms with E-state index >= 15 is 0 Å². The van der Waals surface area contributed by atoms with Crippen LogP contribution in [0.3, 0.4) is 0 Å². The molecule has 1 aromatic rings. The molecule has 0 saturated carbocycles. The predicted octanol–water partition coefficient (Wildman–Crippen LogP) is 3.89. The van der Waals surface area contributed by atoms with E-state index in [0.29, 0.717) is 12.8 Å². The van der Waals surface area contributed by atoms with Gasteiger partial charge in [-0.05, 0) is 63.6 Å². The second-order valence-corrected chi connectivity index (χ2v) is 5.91. The third-order valence-electron chi connectivity index (χ3n) is 4.22. The molecule has 118 valence electrons. The molecule has 0 heterocycles. The van der Waals surface area contributed by atoms with Crippen LogP contribution in [0.15, 0.2) is 12.7 Å². The molecular weight excluding hydrogens is 264 g/mol. The second kappa shape index (κ2) is 6.99. The summed E-state index contributed by atoms with van der Waals surface area (Å²) in [6.45, 7) is 11.7. The lowest BCUT2D eigenvalue weighted by Gasteiger charge is -2.25. The molecule has 0 amide bonds. The Morgan fingerprint density at radius 2 is 1.57 bits per heavy atom. The standard InChI is InChI=1S/C18H28O3/c1-8-10-18(5,19)11-9-15-14(4)16(20-6)12(2)13(3)17(15)21-7/h8,19H,1,9-11H2,2-7H3. The summed E-state index contributed by atoms with van der Waals surface area (Å²) >= 11 is 0. The highest BCUT2D eigenvalue weighted by Crippen LogP contribution is 2.38. The molecule has 1 aromatic carbocycles. The summed E-state index contributed by atoms with van der Waals surface area (Å²) in [5.74, 6) is 1.81. The molecule has 1 N–H and O–H groups in total. The number of methoxy groups -OCH3 is 2. The van der Waals surface area contributed by atoms with Crippen molar-refractivity contribution in [1.82, 2.24) is 0 Å². The quantitative estimate of drug-likeness (QED) is 0.775. The molecule has 3 heteroatoms. The van der Waals surface area contributed by atoms with Gasteiger partial charge in [-0.25, -0.2) is 0 Å². The van der Waals surface area contributed by atoms with E-state index in [1.165, 1.54) is 0 Å². The molecule has 0 aliphatic carbocycles. The summed E-state index contributed by atoms with van der Waals surface area (Å²) in [7, 11) is 3.39. The molecule has 0 saturated heterocycles. The maximum Gasteiger partial charge on any atom is 0.125 e. The van der Waals surface area contributed by atoms with E-state index in [2.05, 4.69) is 6.58 Å². The predicted molar refractivity (Wildman–Crippen MR) is 87.5 cm³/mol. The van der Waals surface area contributed by atoms with Crippen molar-refractivity contribution in [2.45, 2.75) is 52.6 Å². The zero-order chi connectivity index (χ0) is 16.2. The minimum atomic E-state index is -0.745. The van der Waals surface area contributed by atoms with Crippen molar-refractivity contribution in [3.63, 3.8) is 0 Å². The van der Waals surface area contributed by atoms with Gasteiger partial charge in [-0.1, -0.05) is 6.08 Å². The summed E-state index contributed by atoms with van der Waals surface area (Å²) in [6, 6.07) is 0. The van der Waals surface area contributed by atoms with E-state index in [1.807, 2.05) is 27.7 Å². The van der Waals surface area contributed by atoms with Crippen LogP contribution in [0.1, 0.15) is 42.0 Å². The van der Waals surface area contributed by atoms with Crippen molar-refractivity contribution in [2.24, 2.45) is 0 Å². The highest BCUT2D eigenvalue weighted by atomic mass is 16.5. The van der Waals surface area contributed by atoms with Crippen molar-refractivity contribution < 1.29 is 14.6 Å². The number of rotatable bonds is 7. The Bertz CT molecular complexity index is 516. The van der Waals surface area contributed by atoms with Gasteiger partial charge in [0.15, 0.2) is 0 Å². The number of hydrogen-bond donors (Lipinski definition) is 1. The summed E-state index contributed by atoms with van der Waals surface area (Å²) in [5, 5.41) is 10.3. The molecule has 1 rings (SSSR count). The molecule has 0 aromatic heterocycles. The van der Waals surface area contributed by atoms with Crippen molar-refractivity contribution >= 4 is 0 Å². The first-order chi connectivity index (χ1) is 9.79. The molecule has 0 bridgehead atoms. The minimum Gasteiger partial charge on any atom is -0.496 e. The van der Waals surface area contributed by atoms with Crippen molar-refractivity contribution in [1.29, 1.82) is 0 Å². The van der Waals surface area contributed by atoms with Crippen molar-refractivity contribution in [2.75, 3.05) is 14.2 Å². The van der Waals surface area contributed by atoms with Crippen LogP contribution in [0.2, 0.25) is 0 Å². The molecule has 0 radical (unpaired) electrons. The van der Waals surface area contributed by atoms with Gasteiger partial charge < -0.3 is 14.6 Å². The fourth-order valence-electron chi connectivity index (χ4n) is 2.85. The monoisotopic (exact) mass is 292 g/mol. The van der Waals surface area contributed by atoms with E-state index in [9.17, 15) is 5.11 Å². The molecule has 21 heavy (non-hydrogen) atoms. The van der Waals surface area contributed by atoms with Gasteiger partial charge >= 0.3 is 0 Å². The number of benzene rings is 1. The third kappa shape index (κ3) is 3.79. The zero-order valence-electron chi connectivity index (χ0n) is 14.2. The Labute approximate surface area is 128 Å². The molecule has 0 fully saturated rings. The SMILES string of the molecule is C=CCC(C)(O)CCc1c(C)c(OC)c(C)c(C)c1OC. The van der Waals surface area contributed by atoms with E-state index in [4.69, 9.17) is 9.47 Å². The average molecular weight is 292 g/mol. The molecule has 0 spiro atoms. The van der Waals surface area contributed by atoms with Gasteiger partial charge in [0, 0.05) is 5.56 Å². The van der Waals surface area contributed by atoms with Gasteiger partial charge in [0.25, 0.3) is 0 Å². The van der Waals surface area contributed by atoms with Crippen LogP contribution < -0.4 is 9.47 Å². The van der Waals surface area contributed by atoms with Gasteiger partial charge in [-0.2, -0.15) is 0 Å². The molecule has 1 unspecified atom stereocenters. The lowest BCUT2D eigenvalue weighted by atomic mass is 9.89. The van der Waals surface area contributed by atoms with Gasteiger partial charge in [-0.15, -0.1) is 6.58 Å². The average Bonchev–Trinajstić information content (AvgIpc) is 2.42. The van der Waals surface area contributed by atoms with Crippen LogP contribution in [0.5, 0.6) is 11.5 Å². The second-order valence-electron chi connectivity index (χ2n) is 5.91. The summed E-state index contributed by atoms with van der Waals surface area (Å²) < 4.78 is 11.1. The van der Waals surface area contributed by atoms with Gasteiger partial charge in [0.05, 0.1) is 19.8 Å². The fourth-order valence-corrected chi connectivity index (χ4v) is 2.85. The van der Waals surface area contributed by atoms with E-state index in [-0.39, 0.29) is 0 Å². The Kier molecular flexibility index (Phi) is 5.85. The Hall–Kier alpha value is -1.48. The first-order valence-electron chi connectivity index (χ1n) is 7.33. The topological polar surface area (TPSA) is 38.7 Å². The lowest BCUT2D eigenvalue weighted by molar-refractivity contribution is 0.0542. The third-order valence-corrected chi connectivity index (χ3v) is 4.22. The summed E-state index contributed by atoms with van der Waals surface area (Å²) in [5.41, 5.74) is 3.66. The molecule has 1 atom stereocenters. The van der Waals surface area contributed by atoms with Crippen LogP contribution in [0.4, 0.5) is 0 Å². The Morgan fingerprint density at radius 1 is 1.05 bits per heavy atom. The maximum atomic E-state index is 10.3. The van der Waals surface area contributed by atoms with Crippen molar-refractivity contribution in [3.05, 3.63) is 34.9 Å². The van der Waals surface area contributed by atoms with Gasteiger partial charge in [-0.3, -0.25) is 0 Å². The highest BCUT2D eigenvalue weighted by molar-refractivity contribution is 5.58. The lowest BCUT2D eigenvalue weighted by Crippen LogP contribution is -2.24. The van der Waals surface area contributed by atoms with Crippen LogP contribution in [-0.4, -0.2) is 24.9 Å². The minimum absolute atomic E-state index is 0.580. The smallest absolute Gasteiger partial charge is 0.125 e. The van der Waals surface area contributed by atoms with Crippen LogP contribution >= 0.6 is 0 Å². The maximum absolute atomic E-state index is 10.3. The van der Waals surface area contributed by atoms with Crippen LogP contribution in [0, 0.1) is 20.8 Å². The Balaban J connectivity index is 3.22. The number of hydrogen-bond acceptors (Lipinski definition) is 3. The van der Waals surface area contributed by atoms with E-state index < -0.39 is 5.60 Å². The first-order valence-corrected chi connectivity index (χ1v) is 7.33. The van der Waals surface area contributed by atoms with Crippen LogP contribution in [0.25, 0.3) is 0 Å². The zero-order valence-corrected chi connectivity index (χ0v) is 14.2. The molecule has 3 nitrogen and oxygen atoms in total. The van der Waals surface area contributed by atoms with Crippen molar-refractivity contribution in [3.8, 4) is 11.5 Å². The fraction of sp³-hybridized carbons (Fsp3) is 0.556. The normalized spacial score (nSPS) is 13.7. The molecule has 0 aliphatic rings. The first kappa shape index (κ1) is 17.6. The van der Waals surface area contributed by atoms with E-state index in [1.54, 1.807) is 20.3 Å². The largest absolute Gasteiger partial charge is 0.496 e. The van der Waals surface area contributed by atoms with Gasteiger partial charge in [0.1, 0.15) is 11.5 Å². The Morgan fingerprint density at radius 3 is 2.05 bits per heavy atom. The van der Waals surface area contributed by atoms with Gasteiger partial charge in [0.2, 0.25) is 0 Å². The summed E-state index contributed by atoms with van der Waals surface area (Å²) in [4.78, 5) is 0.